The van der Waals surface area contributed by atoms with Gasteiger partial charge in [0.05, 0.1) is 23.8 Å². The van der Waals surface area contributed by atoms with Gasteiger partial charge in [-0.2, -0.15) is 9.41 Å². The molecule has 0 saturated carbocycles. The van der Waals surface area contributed by atoms with E-state index in [1.165, 1.54) is 22.7 Å². The number of ether oxygens (including phenoxy) is 1. The lowest BCUT2D eigenvalue weighted by Crippen LogP contribution is -2.40. The molecule has 152 valence electrons. The third-order valence-corrected chi connectivity index (χ3v) is 6.14. The van der Waals surface area contributed by atoms with E-state index in [0.717, 1.165) is 11.6 Å². The molecule has 29 heavy (non-hydrogen) atoms. The average Bonchev–Trinajstić information content (AvgIpc) is 2.75. The first-order chi connectivity index (χ1) is 14.0. The summed E-state index contributed by atoms with van der Waals surface area (Å²) in [6, 6.07) is 13.2. The van der Waals surface area contributed by atoms with Crippen molar-refractivity contribution in [1.82, 2.24) is 4.31 Å². The number of hydrazone groups is 1. The summed E-state index contributed by atoms with van der Waals surface area (Å²) in [5, 5.41) is 15.1. The Morgan fingerprint density at radius 2 is 1.86 bits per heavy atom. The third kappa shape index (κ3) is 5.25. The molecular formula is C19H20N4O5S. The lowest BCUT2D eigenvalue weighted by molar-refractivity contribution is -0.385. The van der Waals surface area contributed by atoms with Gasteiger partial charge in [0.2, 0.25) is 10.0 Å². The highest BCUT2D eigenvalue weighted by molar-refractivity contribution is 7.89. The molecule has 2 aromatic rings. The van der Waals surface area contributed by atoms with Crippen molar-refractivity contribution in [3.05, 3.63) is 70.3 Å². The van der Waals surface area contributed by atoms with E-state index < -0.39 is 14.9 Å². The van der Waals surface area contributed by atoms with E-state index in [4.69, 9.17) is 4.74 Å². The van der Waals surface area contributed by atoms with Gasteiger partial charge in [0.25, 0.3) is 5.69 Å². The van der Waals surface area contributed by atoms with Crippen molar-refractivity contribution in [3.8, 4) is 0 Å². The van der Waals surface area contributed by atoms with E-state index in [1.54, 1.807) is 6.08 Å². The lowest BCUT2D eigenvalue weighted by Gasteiger charge is -2.26. The van der Waals surface area contributed by atoms with Gasteiger partial charge < -0.3 is 4.74 Å². The number of sulfonamides is 1. The summed E-state index contributed by atoms with van der Waals surface area (Å²) >= 11 is 0. The van der Waals surface area contributed by atoms with Crippen molar-refractivity contribution in [2.45, 2.75) is 4.90 Å². The number of morpholine rings is 1. The summed E-state index contributed by atoms with van der Waals surface area (Å²) in [4.78, 5) is 10.3. The second-order valence-corrected chi connectivity index (χ2v) is 8.02. The number of nitrogens with one attached hydrogen (secondary N) is 1. The zero-order valence-corrected chi connectivity index (χ0v) is 16.3. The van der Waals surface area contributed by atoms with Crippen LogP contribution in [0.4, 0.5) is 11.4 Å². The van der Waals surface area contributed by atoms with Crippen LogP contribution in [-0.2, 0) is 14.8 Å². The molecule has 1 saturated heterocycles. The molecule has 0 aromatic heterocycles. The second-order valence-electron chi connectivity index (χ2n) is 6.11. The van der Waals surface area contributed by atoms with Gasteiger partial charge >= 0.3 is 0 Å². The second kappa shape index (κ2) is 9.41. The van der Waals surface area contributed by atoms with Crippen molar-refractivity contribution in [1.29, 1.82) is 0 Å². The first kappa shape index (κ1) is 20.6. The molecule has 2 aromatic carbocycles. The van der Waals surface area contributed by atoms with Crippen LogP contribution in [-0.4, -0.2) is 50.2 Å². The summed E-state index contributed by atoms with van der Waals surface area (Å²) < 4.78 is 32.4. The monoisotopic (exact) mass is 416 g/mol. The molecule has 3 rings (SSSR count). The molecule has 1 aliphatic heterocycles. The van der Waals surface area contributed by atoms with E-state index in [1.807, 2.05) is 36.4 Å². The zero-order valence-electron chi connectivity index (χ0n) is 15.5. The molecule has 0 atom stereocenters. The van der Waals surface area contributed by atoms with E-state index in [-0.39, 0.29) is 42.6 Å². The average molecular weight is 416 g/mol. The van der Waals surface area contributed by atoms with E-state index in [2.05, 4.69) is 10.5 Å². The van der Waals surface area contributed by atoms with Crippen molar-refractivity contribution >= 4 is 33.7 Å². The maximum Gasteiger partial charge on any atom is 0.270 e. The van der Waals surface area contributed by atoms with Gasteiger partial charge in [-0.1, -0.05) is 36.4 Å². The summed E-state index contributed by atoms with van der Waals surface area (Å²) in [5.41, 5.74) is 3.51. The van der Waals surface area contributed by atoms with Crippen LogP contribution in [0.25, 0.3) is 6.08 Å². The Labute approximate surface area is 168 Å². The van der Waals surface area contributed by atoms with Crippen LogP contribution in [0.1, 0.15) is 5.56 Å². The summed E-state index contributed by atoms with van der Waals surface area (Å²) in [5.74, 6) is 0. The Hall–Kier alpha value is -3.08. The van der Waals surface area contributed by atoms with E-state index >= 15 is 0 Å². The highest BCUT2D eigenvalue weighted by Gasteiger charge is 2.30. The number of nitro benzene ring substituents is 1. The van der Waals surface area contributed by atoms with Gasteiger partial charge in [-0.3, -0.25) is 15.5 Å². The predicted octanol–water partition coefficient (Wildman–Crippen LogP) is 2.73. The number of non-ortho nitro benzene ring substituents is 1. The highest BCUT2D eigenvalue weighted by atomic mass is 32.2. The van der Waals surface area contributed by atoms with Crippen LogP contribution in [0.5, 0.6) is 0 Å². The molecule has 0 radical (unpaired) electrons. The van der Waals surface area contributed by atoms with Gasteiger partial charge in [0.15, 0.2) is 0 Å². The Morgan fingerprint density at radius 1 is 1.14 bits per heavy atom. The van der Waals surface area contributed by atoms with E-state index in [9.17, 15) is 18.5 Å². The Balaban J connectivity index is 1.83. The topological polar surface area (TPSA) is 114 Å². The molecule has 0 spiro atoms. The number of benzene rings is 2. The molecule has 0 bridgehead atoms. The maximum atomic E-state index is 13.0. The van der Waals surface area contributed by atoms with Crippen molar-refractivity contribution in [2.24, 2.45) is 5.10 Å². The first-order valence-corrected chi connectivity index (χ1v) is 10.3. The maximum absolute atomic E-state index is 13.0. The Kier molecular flexibility index (Phi) is 6.70. The molecule has 1 fully saturated rings. The van der Waals surface area contributed by atoms with Crippen LogP contribution in [0.15, 0.2) is 64.6 Å². The number of rotatable bonds is 7. The molecular weight excluding hydrogens is 396 g/mol. The zero-order chi connectivity index (χ0) is 20.7. The molecule has 1 N–H and O–H groups in total. The molecule has 1 aliphatic rings. The molecule has 9 nitrogen and oxygen atoms in total. The largest absolute Gasteiger partial charge is 0.379 e. The first-order valence-electron chi connectivity index (χ1n) is 8.85. The van der Waals surface area contributed by atoms with Gasteiger partial charge in [-0.25, -0.2) is 8.42 Å². The molecule has 0 amide bonds. The predicted molar refractivity (Wildman–Crippen MR) is 110 cm³/mol. The Bertz CT molecular complexity index is 1020. The normalized spacial score (nSPS) is 15.7. The quantitative estimate of drug-likeness (QED) is 0.422. The standard InChI is InChI=1S/C19H20N4O5S/c24-23(25)17-8-9-18(21-20-10-4-7-16-5-2-1-3-6-16)19(15-17)29(26,27)22-11-13-28-14-12-22/h1-10,15,21H,11-14H2. The van der Waals surface area contributed by atoms with Gasteiger partial charge in [0, 0.05) is 31.4 Å². The highest BCUT2D eigenvalue weighted by Crippen LogP contribution is 2.29. The molecule has 1 heterocycles. The minimum absolute atomic E-state index is 0.159. The van der Waals surface area contributed by atoms with Crippen molar-refractivity contribution in [3.63, 3.8) is 0 Å². The number of hydrogen-bond donors (Lipinski definition) is 1. The van der Waals surface area contributed by atoms with Gasteiger partial charge in [-0.15, -0.1) is 0 Å². The summed E-state index contributed by atoms with van der Waals surface area (Å²) in [7, 11) is -3.94. The van der Waals surface area contributed by atoms with Crippen LogP contribution < -0.4 is 5.43 Å². The van der Waals surface area contributed by atoms with Gasteiger partial charge in [0.1, 0.15) is 4.90 Å². The van der Waals surface area contributed by atoms with Crippen molar-refractivity contribution < 1.29 is 18.1 Å². The number of anilines is 1. The summed E-state index contributed by atoms with van der Waals surface area (Å²) in [6.45, 7) is 0.930. The summed E-state index contributed by atoms with van der Waals surface area (Å²) in [6.07, 6.45) is 5.01. The lowest BCUT2D eigenvalue weighted by atomic mass is 10.2. The van der Waals surface area contributed by atoms with E-state index in [0.29, 0.717) is 0 Å². The van der Waals surface area contributed by atoms with Gasteiger partial charge in [-0.05, 0) is 17.7 Å². The fourth-order valence-corrected chi connectivity index (χ4v) is 4.29. The van der Waals surface area contributed by atoms with Crippen LogP contribution in [0.3, 0.4) is 0 Å². The van der Waals surface area contributed by atoms with Crippen LogP contribution in [0, 0.1) is 10.1 Å². The third-order valence-electron chi connectivity index (χ3n) is 4.20. The van der Waals surface area contributed by atoms with Crippen LogP contribution >= 0.6 is 0 Å². The fourth-order valence-electron chi connectivity index (χ4n) is 2.72. The van der Waals surface area contributed by atoms with Crippen molar-refractivity contribution in [2.75, 3.05) is 31.7 Å². The minimum Gasteiger partial charge on any atom is -0.379 e. The SMILES string of the molecule is O=[N+]([O-])c1ccc(NN=CC=Cc2ccccc2)c(S(=O)(=O)N2CCOCC2)c1. The molecule has 0 aliphatic carbocycles. The number of allylic oxidation sites excluding steroid dienone is 1. The number of nitro groups is 1. The smallest absolute Gasteiger partial charge is 0.270 e. The number of hydrogen-bond acceptors (Lipinski definition) is 7. The minimum atomic E-state index is -3.94. The molecule has 10 heteroatoms. The number of nitrogens with zero attached hydrogens (tertiary/aromatic N) is 3. The Morgan fingerprint density at radius 3 is 2.55 bits per heavy atom. The van der Waals surface area contributed by atoms with Crippen LogP contribution in [0.2, 0.25) is 0 Å². The molecule has 0 unspecified atom stereocenters. The fraction of sp³-hybridized carbons (Fsp3) is 0.211.